The van der Waals surface area contributed by atoms with E-state index in [4.69, 9.17) is 23.0 Å². The molecule has 2 bridgehead atoms. The van der Waals surface area contributed by atoms with Crippen LogP contribution in [0.3, 0.4) is 0 Å². The highest BCUT2D eigenvalue weighted by molar-refractivity contribution is 7.48. The summed E-state index contributed by atoms with van der Waals surface area (Å²) in [7, 11) is -2.84. The number of aromatic nitrogens is 4. The summed E-state index contributed by atoms with van der Waals surface area (Å²) in [5.41, 5.74) is 0.185. The molecule has 2 aliphatic heterocycles. The Morgan fingerprint density at radius 2 is 2.29 bits per heavy atom. The lowest BCUT2D eigenvalue weighted by Crippen LogP contribution is -2.32. The van der Waals surface area contributed by atoms with E-state index in [9.17, 15) is 18.9 Å². The minimum atomic E-state index is -4.14. The number of rotatable bonds is 5. The highest BCUT2D eigenvalue weighted by Crippen LogP contribution is 2.56. The van der Waals surface area contributed by atoms with Gasteiger partial charge in [-0.25, -0.2) is 9.55 Å². The number of hydrogen-bond acceptors (Lipinski definition) is 11. The molecular formula is C14H16FN4O8P. The van der Waals surface area contributed by atoms with Gasteiger partial charge in [-0.1, -0.05) is 0 Å². The van der Waals surface area contributed by atoms with Gasteiger partial charge in [-0.05, 0) is 6.92 Å². The maximum Gasteiger partial charge on any atom is 0.475 e. The minimum absolute atomic E-state index is 0.0248. The molecule has 0 aromatic carbocycles. The molecule has 2 unspecified atom stereocenters. The van der Waals surface area contributed by atoms with E-state index in [0.717, 1.165) is 0 Å². The van der Waals surface area contributed by atoms with Crippen LogP contribution in [0.2, 0.25) is 0 Å². The van der Waals surface area contributed by atoms with Gasteiger partial charge >= 0.3 is 13.9 Å². The van der Waals surface area contributed by atoms with Crippen LogP contribution in [0.5, 0.6) is 5.88 Å². The van der Waals surface area contributed by atoms with Crippen LogP contribution in [0.25, 0.3) is 11.2 Å². The number of methoxy groups -OCH3 is 1. The first-order valence-corrected chi connectivity index (χ1v) is 9.62. The number of ketones is 1. The second-order valence-corrected chi connectivity index (χ2v) is 7.79. The van der Waals surface area contributed by atoms with E-state index in [-0.39, 0.29) is 29.4 Å². The van der Waals surface area contributed by atoms with Gasteiger partial charge < -0.3 is 14.6 Å². The molecule has 0 radical (unpaired) electrons. The topological polar surface area (TPSA) is 144 Å². The number of fused-ring (bicyclic) bond motifs is 3. The smallest absolute Gasteiger partial charge is 0.475 e. The molecule has 0 aliphatic carbocycles. The van der Waals surface area contributed by atoms with Crippen LogP contribution in [0, 0.1) is 6.08 Å². The molecule has 5 atom stereocenters. The molecule has 12 nitrogen and oxygen atoms in total. The van der Waals surface area contributed by atoms with Crippen molar-refractivity contribution in [1.82, 2.24) is 19.5 Å². The molecule has 2 aromatic rings. The van der Waals surface area contributed by atoms with Gasteiger partial charge in [0.15, 0.2) is 23.2 Å². The van der Waals surface area contributed by atoms with Crippen molar-refractivity contribution in [3.05, 3.63) is 12.4 Å². The van der Waals surface area contributed by atoms with E-state index >= 15 is 0 Å². The zero-order valence-electron chi connectivity index (χ0n) is 14.7. The molecule has 152 valence electrons. The largest absolute Gasteiger partial charge is 0.479 e. The van der Waals surface area contributed by atoms with Crippen molar-refractivity contribution >= 4 is 24.8 Å². The lowest BCUT2D eigenvalue weighted by Gasteiger charge is -2.26. The molecule has 0 saturated carbocycles. The number of Topliss-reactive ketones (excluding diaryl/α,β-unsaturated/α-hetero) is 1. The van der Waals surface area contributed by atoms with Crippen LogP contribution < -0.4 is 4.74 Å². The third-order valence-electron chi connectivity index (χ3n) is 4.22. The summed E-state index contributed by atoms with van der Waals surface area (Å²) < 4.78 is 54.0. The minimum Gasteiger partial charge on any atom is -0.479 e. The number of nitrogens with zero attached hydrogens (tertiary/aromatic N) is 4. The fourth-order valence-corrected chi connectivity index (χ4v) is 4.36. The van der Waals surface area contributed by atoms with E-state index < -0.39 is 45.0 Å². The number of hydrogen-bond donors (Lipinski definition) is 1. The first kappa shape index (κ1) is 19.3. The third-order valence-corrected chi connectivity index (χ3v) is 5.63. The van der Waals surface area contributed by atoms with Crippen molar-refractivity contribution in [3.8, 4) is 5.88 Å². The summed E-state index contributed by atoms with van der Waals surface area (Å²) in [5, 5.41) is 10.5. The fourth-order valence-electron chi connectivity index (χ4n) is 2.97. The Bertz CT molecular complexity index is 970. The molecule has 2 aliphatic rings. The number of carbonyl (C=O) groups is 1. The predicted octanol–water partition coefficient (Wildman–Crippen LogP) is 0.361. The number of phosphoric acid groups is 1. The zero-order chi connectivity index (χ0) is 20.1. The normalized spacial score (nSPS) is 32.4. The monoisotopic (exact) mass is 418 g/mol. The number of phosphoric ester groups is 1. The Balaban J connectivity index is 1.70. The van der Waals surface area contributed by atoms with Crippen molar-refractivity contribution in [2.45, 2.75) is 31.5 Å². The number of aliphatic hydroxyl groups excluding tert-OH is 1. The zero-order valence-corrected chi connectivity index (χ0v) is 15.6. The highest BCUT2D eigenvalue weighted by atomic mass is 31.2. The first-order chi connectivity index (χ1) is 13.3. The van der Waals surface area contributed by atoms with Crippen LogP contribution in [-0.4, -0.2) is 69.0 Å². The van der Waals surface area contributed by atoms with Gasteiger partial charge in [-0.2, -0.15) is 14.4 Å². The van der Waals surface area contributed by atoms with Crippen LogP contribution in [0.4, 0.5) is 4.39 Å². The molecule has 2 aromatic heterocycles. The van der Waals surface area contributed by atoms with Crippen LogP contribution in [0.1, 0.15) is 13.2 Å². The standard InChI is InChI=1S/C14H16FN4O8P/c1-6(20)3-24-28(22)25-4-7-9(21)10(27-28)13(26-7)19-5-16-8-11(19)17-14(15)18-12(8)23-2/h5,7,9-10,13,21H,3-4H2,1-2H3/t7-,9+,10?,13-,28?/m1/s1. The van der Waals surface area contributed by atoms with E-state index in [1.807, 2.05) is 0 Å². The maximum atomic E-state index is 13.8. The summed E-state index contributed by atoms with van der Waals surface area (Å²) >= 11 is 0. The van der Waals surface area contributed by atoms with Gasteiger partial charge in [0, 0.05) is 0 Å². The van der Waals surface area contributed by atoms with Gasteiger partial charge in [0.05, 0.1) is 20.0 Å². The molecule has 2 fully saturated rings. The van der Waals surface area contributed by atoms with E-state index in [1.54, 1.807) is 0 Å². The molecule has 28 heavy (non-hydrogen) atoms. The summed E-state index contributed by atoms with van der Waals surface area (Å²) in [6.45, 7) is 0.457. The van der Waals surface area contributed by atoms with Crippen molar-refractivity contribution in [3.63, 3.8) is 0 Å². The number of halogens is 1. The maximum absolute atomic E-state index is 13.8. The van der Waals surface area contributed by atoms with Crippen molar-refractivity contribution in [2.24, 2.45) is 0 Å². The molecule has 1 N–H and O–H groups in total. The predicted molar refractivity (Wildman–Crippen MR) is 86.8 cm³/mol. The van der Waals surface area contributed by atoms with Gasteiger partial charge in [-0.15, -0.1) is 0 Å². The van der Waals surface area contributed by atoms with Gasteiger partial charge in [0.25, 0.3) is 0 Å². The lowest BCUT2D eigenvalue weighted by molar-refractivity contribution is -0.120. The number of aliphatic hydroxyl groups is 1. The Morgan fingerprint density at radius 3 is 3.00 bits per heavy atom. The van der Waals surface area contributed by atoms with Crippen LogP contribution >= 0.6 is 7.82 Å². The molecule has 0 spiro atoms. The SMILES string of the molecule is COc1nc(F)nc2c1ncn2[C@@H]1O[C@@H]2COP(=O)(OCC(C)=O)OC1[C@H]2O. The quantitative estimate of drug-likeness (QED) is 0.531. The summed E-state index contributed by atoms with van der Waals surface area (Å²) in [6, 6.07) is 0. The highest BCUT2D eigenvalue weighted by Gasteiger charge is 2.53. The summed E-state index contributed by atoms with van der Waals surface area (Å²) in [6.07, 6.45) is -4.19. The van der Waals surface area contributed by atoms with Gasteiger partial charge in [0.2, 0.25) is 5.88 Å². The van der Waals surface area contributed by atoms with Crippen molar-refractivity contribution in [2.75, 3.05) is 20.3 Å². The molecule has 4 rings (SSSR count). The fraction of sp³-hybridized carbons (Fsp3) is 0.571. The van der Waals surface area contributed by atoms with Crippen LogP contribution in [-0.2, 0) is 27.7 Å². The number of carbonyl (C=O) groups excluding carboxylic acids is 1. The lowest BCUT2D eigenvalue weighted by atomic mass is 10.1. The molecule has 0 amide bonds. The van der Waals surface area contributed by atoms with E-state index in [2.05, 4.69) is 15.0 Å². The average Bonchev–Trinajstić information content (AvgIpc) is 3.15. The number of ether oxygens (including phenoxy) is 2. The van der Waals surface area contributed by atoms with E-state index in [0.29, 0.717) is 0 Å². The average molecular weight is 418 g/mol. The number of imidazole rings is 1. The second kappa shape index (κ2) is 7.10. The third kappa shape index (κ3) is 3.30. The molecule has 4 heterocycles. The molecule has 2 saturated heterocycles. The van der Waals surface area contributed by atoms with Gasteiger partial charge in [0.1, 0.15) is 24.9 Å². The molecule has 14 heteroatoms. The summed E-state index contributed by atoms with van der Waals surface area (Å²) in [5.74, 6) is -0.468. The Hall–Kier alpha value is -2.02. The van der Waals surface area contributed by atoms with Gasteiger partial charge in [-0.3, -0.25) is 22.9 Å². The Kier molecular flexibility index (Phi) is 4.89. The second-order valence-electron chi connectivity index (χ2n) is 6.17. The molecular weight excluding hydrogens is 402 g/mol. The Morgan fingerprint density at radius 1 is 1.50 bits per heavy atom. The van der Waals surface area contributed by atoms with Crippen LogP contribution in [0.15, 0.2) is 6.33 Å². The summed E-state index contributed by atoms with van der Waals surface area (Å²) in [4.78, 5) is 22.4. The van der Waals surface area contributed by atoms with Crippen molar-refractivity contribution in [1.29, 1.82) is 0 Å². The van der Waals surface area contributed by atoms with Crippen molar-refractivity contribution < 1.29 is 41.9 Å². The first-order valence-electron chi connectivity index (χ1n) is 8.16. The van der Waals surface area contributed by atoms with E-state index in [1.165, 1.54) is 24.9 Å². The Labute approximate surface area is 157 Å².